The number of aliphatic carboxylic acids is 1. The average molecular weight is 270 g/mol. The summed E-state index contributed by atoms with van der Waals surface area (Å²) >= 11 is 0. The van der Waals surface area contributed by atoms with Gasteiger partial charge in [0.15, 0.2) is 0 Å². The molecule has 5 nitrogen and oxygen atoms in total. The lowest BCUT2D eigenvalue weighted by Crippen LogP contribution is -2.25. The Hall–Kier alpha value is -1.52. The fourth-order valence-corrected chi connectivity index (χ4v) is 2.17. The Kier molecular flexibility index (Phi) is 3.98. The van der Waals surface area contributed by atoms with Crippen molar-refractivity contribution < 1.29 is 24.2 Å². The highest BCUT2D eigenvalue weighted by molar-refractivity contribution is 5.87. The number of rotatable bonds is 4. The normalized spacial score (nSPS) is 25.7. The van der Waals surface area contributed by atoms with E-state index in [4.69, 9.17) is 14.6 Å². The Labute approximate surface area is 113 Å². The quantitative estimate of drug-likeness (QED) is 0.481. The summed E-state index contributed by atoms with van der Waals surface area (Å²) in [5.74, 6) is -2.06. The van der Waals surface area contributed by atoms with E-state index in [1.807, 2.05) is 13.8 Å². The summed E-state index contributed by atoms with van der Waals surface area (Å²) in [4.78, 5) is 22.9. The highest BCUT2D eigenvalue weighted by Gasteiger charge is 2.61. The van der Waals surface area contributed by atoms with Gasteiger partial charge >= 0.3 is 11.9 Å². The summed E-state index contributed by atoms with van der Waals surface area (Å²) in [6, 6.07) is 0. The lowest BCUT2D eigenvalue weighted by Gasteiger charge is -2.20. The summed E-state index contributed by atoms with van der Waals surface area (Å²) in [6.07, 6.45) is 1.56. The van der Waals surface area contributed by atoms with E-state index in [9.17, 15) is 9.59 Å². The molecule has 19 heavy (non-hydrogen) atoms. The Balaban J connectivity index is 2.85. The number of hydrogen-bond acceptors (Lipinski definition) is 4. The van der Waals surface area contributed by atoms with Crippen LogP contribution in [0.2, 0.25) is 0 Å². The molecule has 1 saturated carbocycles. The van der Waals surface area contributed by atoms with Crippen LogP contribution in [0.25, 0.3) is 0 Å². The number of carbonyl (C=O) groups excluding carboxylic acids is 1. The highest BCUT2D eigenvalue weighted by atomic mass is 16.6. The van der Waals surface area contributed by atoms with Crippen molar-refractivity contribution in [3.05, 3.63) is 11.8 Å². The van der Waals surface area contributed by atoms with E-state index >= 15 is 0 Å². The van der Waals surface area contributed by atoms with Gasteiger partial charge in [-0.3, -0.25) is 4.79 Å². The first-order valence-electron chi connectivity index (χ1n) is 6.22. The van der Waals surface area contributed by atoms with Crippen LogP contribution in [0, 0.1) is 17.3 Å². The minimum absolute atomic E-state index is 0.0664. The predicted molar refractivity (Wildman–Crippen MR) is 69.3 cm³/mol. The standard InChI is InChI=1S/C14H22O5/c1-13(2,3)19-12(17)9(18-6)7-8-10(11(15)16)14(8,4)5/h7-8,10H,1-6H3,(H,15,16)/b9-7-. The van der Waals surface area contributed by atoms with E-state index in [0.29, 0.717) is 0 Å². The summed E-state index contributed by atoms with van der Waals surface area (Å²) in [6.45, 7) is 9.00. The highest BCUT2D eigenvalue weighted by Crippen LogP contribution is 2.59. The Morgan fingerprint density at radius 2 is 1.79 bits per heavy atom. The third-order valence-electron chi connectivity index (χ3n) is 3.33. The van der Waals surface area contributed by atoms with E-state index in [-0.39, 0.29) is 17.1 Å². The van der Waals surface area contributed by atoms with Crippen LogP contribution < -0.4 is 0 Å². The molecule has 0 spiro atoms. The van der Waals surface area contributed by atoms with Crippen molar-refractivity contribution in [1.82, 2.24) is 0 Å². The number of methoxy groups -OCH3 is 1. The average Bonchev–Trinajstić information content (AvgIpc) is 2.73. The molecule has 2 atom stereocenters. The van der Waals surface area contributed by atoms with E-state index in [2.05, 4.69) is 0 Å². The topological polar surface area (TPSA) is 72.8 Å². The molecular weight excluding hydrogens is 248 g/mol. The zero-order chi connectivity index (χ0) is 15.0. The number of carboxylic acid groups (broad SMARTS) is 1. The third kappa shape index (κ3) is 3.49. The summed E-state index contributed by atoms with van der Waals surface area (Å²) in [5, 5.41) is 9.08. The number of ether oxygens (including phenoxy) is 2. The van der Waals surface area contributed by atoms with Crippen LogP contribution >= 0.6 is 0 Å². The van der Waals surface area contributed by atoms with Gasteiger partial charge in [0.05, 0.1) is 13.0 Å². The number of carboxylic acids is 1. The van der Waals surface area contributed by atoms with Crippen LogP contribution in [-0.4, -0.2) is 29.8 Å². The summed E-state index contributed by atoms with van der Waals surface area (Å²) in [5.41, 5.74) is -0.975. The number of carbonyl (C=O) groups is 2. The lowest BCUT2D eigenvalue weighted by atomic mass is 10.1. The Morgan fingerprint density at radius 3 is 2.11 bits per heavy atom. The Morgan fingerprint density at radius 1 is 1.26 bits per heavy atom. The molecular formula is C14H22O5. The third-order valence-corrected chi connectivity index (χ3v) is 3.33. The van der Waals surface area contributed by atoms with Crippen molar-refractivity contribution in [2.75, 3.05) is 7.11 Å². The number of allylic oxidation sites excluding steroid dienone is 1. The lowest BCUT2D eigenvalue weighted by molar-refractivity contribution is -0.153. The van der Waals surface area contributed by atoms with Gasteiger partial charge in [-0.1, -0.05) is 13.8 Å². The van der Waals surface area contributed by atoms with E-state index in [1.54, 1.807) is 26.8 Å². The van der Waals surface area contributed by atoms with Crippen LogP contribution in [0.5, 0.6) is 0 Å². The van der Waals surface area contributed by atoms with Crippen LogP contribution in [0.4, 0.5) is 0 Å². The maximum Gasteiger partial charge on any atom is 0.373 e. The van der Waals surface area contributed by atoms with Crippen LogP contribution in [0.1, 0.15) is 34.6 Å². The molecule has 0 aliphatic heterocycles. The maximum atomic E-state index is 11.9. The molecule has 1 aliphatic rings. The van der Waals surface area contributed by atoms with Gasteiger partial charge in [-0.25, -0.2) is 4.79 Å². The van der Waals surface area contributed by atoms with Crippen molar-refractivity contribution >= 4 is 11.9 Å². The zero-order valence-electron chi connectivity index (χ0n) is 12.3. The predicted octanol–water partition coefficient (Wildman–Crippen LogP) is 2.22. The fourth-order valence-electron chi connectivity index (χ4n) is 2.17. The van der Waals surface area contributed by atoms with Gasteiger partial charge in [0, 0.05) is 5.92 Å². The first kappa shape index (κ1) is 15.5. The van der Waals surface area contributed by atoms with Gasteiger partial charge in [-0.05, 0) is 32.3 Å². The van der Waals surface area contributed by atoms with Gasteiger partial charge in [-0.15, -0.1) is 0 Å². The molecule has 108 valence electrons. The van der Waals surface area contributed by atoms with Gasteiger partial charge in [0.1, 0.15) is 5.60 Å². The molecule has 1 fully saturated rings. The smallest absolute Gasteiger partial charge is 0.373 e. The molecule has 0 amide bonds. The van der Waals surface area contributed by atoms with E-state index in [1.165, 1.54) is 7.11 Å². The van der Waals surface area contributed by atoms with Gasteiger partial charge in [0.2, 0.25) is 5.76 Å². The zero-order valence-corrected chi connectivity index (χ0v) is 12.3. The molecule has 0 aromatic heterocycles. The molecule has 2 unspecified atom stereocenters. The van der Waals surface area contributed by atoms with Gasteiger partial charge < -0.3 is 14.6 Å². The molecule has 0 aromatic carbocycles. The largest absolute Gasteiger partial charge is 0.490 e. The fraction of sp³-hybridized carbons (Fsp3) is 0.714. The van der Waals surface area contributed by atoms with Gasteiger partial charge in [0.25, 0.3) is 0 Å². The van der Waals surface area contributed by atoms with Crippen molar-refractivity contribution in [3.8, 4) is 0 Å². The Bertz CT molecular complexity index is 414. The second kappa shape index (κ2) is 4.87. The van der Waals surface area contributed by atoms with Crippen molar-refractivity contribution in [2.45, 2.75) is 40.2 Å². The van der Waals surface area contributed by atoms with Crippen LogP contribution in [-0.2, 0) is 19.1 Å². The summed E-state index contributed by atoms with van der Waals surface area (Å²) < 4.78 is 10.2. The number of hydrogen-bond donors (Lipinski definition) is 1. The second-order valence-electron chi connectivity index (χ2n) is 6.40. The maximum absolute atomic E-state index is 11.9. The first-order chi connectivity index (χ1) is 8.50. The molecule has 5 heteroatoms. The molecule has 0 saturated heterocycles. The summed E-state index contributed by atoms with van der Waals surface area (Å²) in [7, 11) is 1.38. The van der Waals surface area contributed by atoms with Crippen LogP contribution in [0.15, 0.2) is 11.8 Å². The molecule has 1 N–H and O–H groups in total. The molecule has 0 aromatic rings. The minimum Gasteiger partial charge on any atom is -0.490 e. The van der Waals surface area contributed by atoms with Crippen LogP contribution in [0.3, 0.4) is 0 Å². The molecule has 0 bridgehead atoms. The first-order valence-corrected chi connectivity index (χ1v) is 6.22. The molecule has 0 radical (unpaired) electrons. The van der Waals surface area contributed by atoms with E-state index < -0.39 is 23.5 Å². The minimum atomic E-state index is -0.856. The molecule has 0 heterocycles. The van der Waals surface area contributed by atoms with Crippen molar-refractivity contribution in [2.24, 2.45) is 17.3 Å². The second-order valence-corrected chi connectivity index (χ2v) is 6.40. The number of esters is 1. The van der Waals surface area contributed by atoms with Gasteiger partial charge in [-0.2, -0.15) is 0 Å². The molecule has 1 aliphatic carbocycles. The van der Waals surface area contributed by atoms with Crippen molar-refractivity contribution in [3.63, 3.8) is 0 Å². The SMILES string of the molecule is CO/C(=C\C1C(C(=O)O)C1(C)C)C(=O)OC(C)(C)C. The van der Waals surface area contributed by atoms with Crippen molar-refractivity contribution in [1.29, 1.82) is 0 Å². The molecule has 1 rings (SSSR count). The monoisotopic (exact) mass is 270 g/mol. The van der Waals surface area contributed by atoms with E-state index in [0.717, 1.165) is 0 Å².